The summed E-state index contributed by atoms with van der Waals surface area (Å²) >= 11 is 0. The van der Waals surface area contributed by atoms with Gasteiger partial charge in [0.1, 0.15) is 23.8 Å². The fourth-order valence-corrected chi connectivity index (χ4v) is 2.32. The second kappa shape index (κ2) is 7.94. The molecule has 0 bridgehead atoms. The number of rotatable bonds is 5. The fourth-order valence-electron chi connectivity index (χ4n) is 2.32. The molecule has 6 heteroatoms. The van der Waals surface area contributed by atoms with Crippen LogP contribution in [0.5, 0.6) is 11.5 Å². The molecule has 0 saturated carbocycles. The lowest BCUT2D eigenvalue weighted by atomic mass is 10.1. The third-order valence-electron chi connectivity index (χ3n) is 3.48. The Labute approximate surface area is 150 Å². The highest BCUT2D eigenvalue weighted by atomic mass is 16.7. The minimum absolute atomic E-state index is 0.0351. The minimum atomic E-state index is -0.828. The lowest BCUT2D eigenvalue weighted by molar-refractivity contribution is 0.109. The number of carbonyl (C=O) groups is 1. The van der Waals surface area contributed by atoms with Crippen LogP contribution >= 0.6 is 0 Å². The molecule has 0 atom stereocenters. The highest BCUT2D eigenvalue weighted by Gasteiger charge is 2.07. The molecule has 3 aromatic carbocycles. The van der Waals surface area contributed by atoms with E-state index in [0.717, 1.165) is 10.8 Å². The van der Waals surface area contributed by atoms with Gasteiger partial charge in [0.05, 0.1) is 5.69 Å². The van der Waals surface area contributed by atoms with E-state index in [1.165, 1.54) is 6.08 Å². The SMILES string of the molecule is C=CCOC(=O)Oc1cccc(/N=N/c2c(O)ccc3ccccc23)c1. The molecule has 26 heavy (non-hydrogen) atoms. The van der Waals surface area contributed by atoms with Crippen LogP contribution in [0.25, 0.3) is 10.8 Å². The standard InChI is InChI=1S/C20H16N2O4/c1-2-12-25-20(24)26-16-8-5-7-15(13-16)21-22-19-17-9-4-3-6-14(17)10-11-18(19)23/h2-11,13,23H,1,12H2/b22-21+. The van der Waals surface area contributed by atoms with E-state index in [1.807, 2.05) is 30.3 Å². The van der Waals surface area contributed by atoms with Gasteiger partial charge in [0.25, 0.3) is 0 Å². The van der Waals surface area contributed by atoms with E-state index in [4.69, 9.17) is 9.47 Å². The van der Waals surface area contributed by atoms with Gasteiger partial charge in [-0.2, -0.15) is 5.11 Å². The Morgan fingerprint density at radius 2 is 1.92 bits per heavy atom. The summed E-state index contributed by atoms with van der Waals surface area (Å²) in [6.45, 7) is 3.52. The molecule has 0 aliphatic rings. The fraction of sp³-hybridized carbons (Fsp3) is 0.0500. The van der Waals surface area contributed by atoms with Crippen LogP contribution in [0, 0.1) is 0 Å². The zero-order valence-corrected chi connectivity index (χ0v) is 13.8. The molecule has 0 aromatic heterocycles. The maximum atomic E-state index is 11.5. The first-order valence-corrected chi connectivity index (χ1v) is 7.85. The molecule has 0 spiro atoms. The summed E-state index contributed by atoms with van der Waals surface area (Å²) in [5.41, 5.74) is 0.839. The van der Waals surface area contributed by atoms with Crippen molar-refractivity contribution in [2.24, 2.45) is 10.2 Å². The summed E-state index contributed by atoms with van der Waals surface area (Å²) < 4.78 is 9.81. The third-order valence-corrected chi connectivity index (χ3v) is 3.48. The molecule has 0 radical (unpaired) electrons. The highest BCUT2D eigenvalue weighted by molar-refractivity contribution is 5.95. The van der Waals surface area contributed by atoms with Crippen LogP contribution in [0.2, 0.25) is 0 Å². The zero-order chi connectivity index (χ0) is 18.4. The van der Waals surface area contributed by atoms with Crippen molar-refractivity contribution in [2.75, 3.05) is 6.61 Å². The average Bonchev–Trinajstić information content (AvgIpc) is 2.66. The van der Waals surface area contributed by atoms with Crippen LogP contribution < -0.4 is 4.74 Å². The van der Waals surface area contributed by atoms with Crippen molar-refractivity contribution in [3.8, 4) is 11.5 Å². The van der Waals surface area contributed by atoms with Crippen LogP contribution in [0.3, 0.4) is 0 Å². The Hall–Kier alpha value is -3.67. The number of carbonyl (C=O) groups excluding carboxylic acids is 1. The molecular formula is C20H16N2O4. The molecule has 3 aromatic rings. The van der Waals surface area contributed by atoms with Crippen molar-refractivity contribution in [3.63, 3.8) is 0 Å². The molecule has 0 aliphatic carbocycles. The Balaban J connectivity index is 1.83. The van der Waals surface area contributed by atoms with E-state index in [1.54, 1.807) is 30.3 Å². The van der Waals surface area contributed by atoms with Crippen LogP contribution in [0.4, 0.5) is 16.2 Å². The van der Waals surface area contributed by atoms with Gasteiger partial charge in [-0.1, -0.05) is 49.1 Å². The molecule has 0 fully saturated rings. The quantitative estimate of drug-likeness (QED) is 0.279. The molecule has 0 unspecified atom stereocenters. The molecule has 6 nitrogen and oxygen atoms in total. The molecule has 0 aliphatic heterocycles. The largest absolute Gasteiger partial charge is 0.514 e. The van der Waals surface area contributed by atoms with Crippen molar-refractivity contribution in [3.05, 3.63) is 73.3 Å². The molecule has 0 saturated heterocycles. The predicted molar refractivity (Wildman–Crippen MR) is 98.4 cm³/mol. The molecule has 130 valence electrons. The number of phenols is 1. The van der Waals surface area contributed by atoms with Gasteiger partial charge in [-0.05, 0) is 23.6 Å². The van der Waals surface area contributed by atoms with E-state index < -0.39 is 6.16 Å². The zero-order valence-electron chi connectivity index (χ0n) is 13.8. The number of hydrogen-bond acceptors (Lipinski definition) is 6. The van der Waals surface area contributed by atoms with E-state index in [0.29, 0.717) is 11.4 Å². The van der Waals surface area contributed by atoms with Gasteiger partial charge in [-0.3, -0.25) is 0 Å². The number of azo groups is 1. The summed E-state index contributed by atoms with van der Waals surface area (Å²) in [5, 5.41) is 20.1. The number of fused-ring (bicyclic) bond motifs is 1. The lowest BCUT2D eigenvalue weighted by Crippen LogP contribution is -2.10. The van der Waals surface area contributed by atoms with Gasteiger partial charge in [0.2, 0.25) is 0 Å². The predicted octanol–water partition coefficient (Wildman–Crippen LogP) is 5.66. The van der Waals surface area contributed by atoms with Crippen molar-refractivity contribution in [1.29, 1.82) is 0 Å². The van der Waals surface area contributed by atoms with Gasteiger partial charge in [0.15, 0.2) is 0 Å². The number of ether oxygens (including phenoxy) is 2. The highest BCUT2D eigenvalue weighted by Crippen LogP contribution is 2.36. The van der Waals surface area contributed by atoms with Crippen molar-refractivity contribution < 1.29 is 19.4 Å². The smallest absolute Gasteiger partial charge is 0.506 e. The Kier molecular flexibility index (Phi) is 5.24. The first-order chi connectivity index (χ1) is 12.7. The van der Waals surface area contributed by atoms with E-state index in [9.17, 15) is 9.90 Å². The third kappa shape index (κ3) is 4.05. The van der Waals surface area contributed by atoms with Crippen LogP contribution in [-0.2, 0) is 4.74 Å². The lowest BCUT2D eigenvalue weighted by Gasteiger charge is -2.05. The number of aromatic hydroxyl groups is 1. The van der Waals surface area contributed by atoms with E-state index in [-0.39, 0.29) is 18.1 Å². The molecule has 0 amide bonds. The Morgan fingerprint density at radius 1 is 1.08 bits per heavy atom. The normalized spacial score (nSPS) is 10.8. The van der Waals surface area contributed by atoms with Crippen molar-refractivity contribution >= 4 is 28.3 Å². The summed E-state index contributed by atoms with van der Waals surface area (Å²) in [6.07, 6.45) is 0.619. The van der Waals surface area contributed by atoms with E-state index in [2.05, 4.69) is 16.8 Å². The van der Waals surface area contributed by atoms with Crippen molar-refractivity contribution in [2.45, 2.75) is 0 Å². The summed E-state index contributed by atoms with van der Waals surface area (Å²) in [5.74, 6) is 0.311. The molecule has 3 rings (SSSR count). The second-order valence-electron chi connectivity index (χ2n) is 5.30. The maximum Gasteiger partial charge on any atom is 0.514 e. The molecule has 0 heterocycles. The first kappa shape index (κ1) is 17.2. The summed E-state index contributed by atoms with van der Waals surface area (Å²) in [6, 6.07) is 17.5. The van der Waals surface area contributed by atoms with Crippen molar-refractivity contribution in [1.82, 2.24) is 0 Å². The average molecular weight is 348 g/mol. The summed E-state index contributed by atoms with van der Waals surface area (Å²) in [7, 11) is 0. The van der Waals surface area contributed by atoms with Gasteiger partial charge in [-0.15, -0.1) is 5.11 Å². The number of hydrogen-bond donors (Lipinski definition) is 1. The Morgan fingerprint density at radius 3 is 2.77 bits per heavy atom. The van der Waals surface area contributed by atoms with Crippen LogP contribution in [-0.4, -0.2) is 17.9 Å². The molecule has 1 N–H and O–H groups in total. The number of benzene rings is 3. The van der Waals surface area contributed by atoms with Gasteiger partial charge < -0.3 is 14.6 Å². The van der Waals surface area contributed by atoms with Crippen LogP contribution in [0.1, 0.15) is 0 Å². The van der Waals surface area contributed by atoms with Gasteiger partial charge in [0, 0.05) is 11.5 Å². The van der Waals surface area contributed by atoms with Crippen LogP contribution in [0.15, 0.2) is 83.5 Å². The maximum absolute atomic E-state index is 11.5. The minimum Gasteiger partial charge on any atom is -0.506 e. The second-order valence-corrected chi connectivity index (χ2v) is 5.30. The summed E-state index contributed by atoms with van der Waals surface area (Å²) in [4.78, 5) is 11.5. The Bertz CT molecular complexity index is 982. The molecular weight excluding hydrogens is 332 g/mol. The topological polar surface area (TPSA) is 80.5 Å². The first-order valence-electron chi connectivity index (χ1n) is 7.85. The van der Waals surface area contributed by atoms with E-state index >= 15 is 0 Å². The van der Waals surface area contributed by atoms with Gasteiger partial charge >= 0.3 is 6.16 Å². The monoisotopic (exact) mass is 348 g/mol. The number of nitrogens with zero attached hydrogens (tertiary/aromatic N) is 2. The number of phenolic OH excluding ortho intramolecular Hbond substituents is 1. The van der Waals surface area contributed by atoms with Gasteiger partial charge in [-0.25, -0.2) is 4.79 Å².